The third-order valence-electron chi connectivity index (χ3n) is 1.93. The van der Waals surface area contributed by atoms with Gasteiger partial charge >= 0.3 is 5.97 Å². The molecular weight excluding hydrogens is 194 g/mol. The Kier molecular flexibility index (Phi) is 2.45. The zero-order valence-electron chi connectivity index (χ0n) is 8.10. The molecule has 15 heavy (non-hydrogen) atoms. The molecule has 0 amide bonds. The zero-order valence-corrected chi connectivity index (χ0v) is 8.10. The normalized spacial score (nSPS) is 9.93. The lowest BCUT2D eigenvalue weighted by Gasteiger charge is -1.94. The first kappa shape index (κ1) is 9.39. The van der Waals surface area contributed by atoms with Crippen LogP contribution in [-0.2, 0) is 4.74 Å². The number of hydrogen-bond acceptors (Lipinski definition) is 4. The van der Waals surface area contributed by atoms with Crippen LogP contribution >= 0.6 is 0 Å². The fraction of sp³-hybridized carbons (Fsp3) is 0.100. The first-order valence-corrected chi connectivity index (χ1v) is 4.35. The summed E-state index contributed by atoms with van der Waals surface area (Å²) in [6.45, 7) is 0. The second kappa shape index (κ2) is 3.91. The number of rotatable bonds is 2. The van der Waals surface area contributed by atoms with Crippen LogP contribution in [0.25, 0.3) is 11.4 Å². The van der Waals surface area contributed by atoms with Crippen molar-refractivity contribution in [3.05, 3.63) is 36.4 Å². The van der Waals surface area contributed by atoms with Gasteiger partial charge in [-0.3, -0.25) is 4.98 Å². The van der Waals surface area contributed by atoms with Crippen molar-refractivity contribution in [3.63, 3.8) is 0 Å². The number of pyridine rings is 1. The summed E-state index contributed by atoms with van der Waals surface area (Å²) in [6.07, 6.45) is 4.84. The van der Waals surface area contributed by atoms with Crippen molar-refractivity contribution in [2.24, 2.45) is 0 Å². The number of hydrogen-bond donors (Lipinski definition) is 1. The third-order valence-corrected chi connectivity index (χ3v) is 1.93. The molecule has 0 radical (unpaired) electrons. The minimum atomic E-state index is -0.452. The Balaban J connectivity index is 2.32. The molecule has 0 bridgehead atoms. The van der Waals surface area contributed by atoms with Gasteiger partial charge in [-0.1, -0.05) is 0 Å². The van der Waals surface area contributed by atoms with Crippen LogP contribution < -0.4 is 0 Å². The molecule has 0 unspecified atom stereocenters. The Labute approximate surface area is 86.1 Å². The SMILES string of the molecule is COC(=O)c1c[nH]c(-c2ccncc2)n1. The highest BCUT2D eigenvalue weighted by molar-refractivity contribution is 5.87. The summed E-state index contributed by atoms with van der Waals surface area (Å²) in [4.78, 5) is 22.0. The number of aromatic amines is 1. The van der Waals surface area contributed by atoms with E-state index in [4.69, 9.17) is 0 Å². The summed E-state index contributed by atoms with van der Waals surface area (Å²) in [5.74, 6) is 0.171. The topological polar surface area (TPSA) is 67.9 Å². The first-order valence-electron chi connectivity index (χ1n) is 4.35. The Morgan fingerprint density at radius 1 is 1.40 bits per heavy atom. The Hall–Kier alpha value is -2.17. The van der Waals surface area contributed by atoms with Gasteiger partial charge in [-0.25, -0.2) is 9.78 Å². The molecular formula is C10H9N3O2. The number of nitrogens with one attached hydrogen (secondary N) is 1. The number of ether oxygens (including phenoxy) is 1. The lowest BCUT2D eigenvalue weighted by atomic mass is 10.2. The molecule has 76 valence electrons. The molecule has 2 aromatic rings. The van der Waals surface area contributed by atoms with E-state index in [9.17, 15) is 4.79 Å². The van der Waals surface area contributed by atoms with Crippen LogP contribution in [0.5, 0.6) is 0 Å². The van der Waals surface area contributed by atoms with Crippen molar-refractivity contribution in [2.45, 2.75) is 0 Å². The zero-order chi connectivity index (χ0) is 10.7. The summed E-state index contributed by atoms with van der Waals surface area (Å²) >= 11 is 0. The van der Waals surface area contributed by atoms with E-state index in [0.29, 0.717) is 5.82 Å². The lowest BCUT2D eigenvalue weighted by Crippen LogP contribution is -2.00. The molecule has 0 atom stereocenters. The van der Waals surface area contributed by atoms with Crippen molar-refractivity contribution < 1.29 is 9.53 Å². The van der Waals surface area contributed by atoms with Gasteiger partial charge in [-0.05, 0) is 12.1 Å². The summed E-state index contributed by atoms with van der Waals surface area (Å²) in [5.41, 5.74) is 1.14. The van der Waals surface area contributed by atoms with Crippen molar-refractivity contribution in [1.29, 1.82) is 0 Å². The van der Waals surface area contributed by atoms with Gasteiger partial charge in [0.2, 0.25) is 0 Å². The van der Waals surface area contributed by atoms with Gasteiger partial charge in [-0.15, -0.1) is 0 Å². The summed E-state index contributed by atoms with van der Waals surface area (Å²) in [5, 5.41) is 0. The van der Waals surface area contributed by atoms with Crippen molar-refractivity contribution >= 4 is 5.97 Å². The van der Waals surface area contributed by atoms with E-state index >= 15 is 0 Å². The molecule has 0 fully saturated rings. The Bertz CT molecular complexity index is 465. The Morgan fingerprint density at radius 2 is 2.13 bits per heavy atom. The second-order valence-electron chi connectivity index (χ2n) is 2.86. The molecule has 0 aliphatic rings. The molecule has 0 aromatic carbocycles. The van der Waals surface area contributed by atoms with Gasteiger partial charge in [0, 0.05) is 24.2 Å². The summed E-state index contributed by atoms with van der Waals surface area (Å²) in [6, 6.07) is 3.61. The fourth-order valence-electron chi connectivity index (χ4n) is 1.19. The first-order chi connectivity index (χ1) is 7.31. The maximum absolute atomic E-state index is 11.1. The fourth-order valence-corrected chi connectivity index (χ4v) is 1.19. The summed E-state index contributed by atoms with van der Waals surface area (Å²) < 4.78 is 4.55. The van der Waals surface area contributed by atoms with Gasteiger partial charge in [0.05, 0.1) is 7.11 Å². The smallest absolute Gasteiger partial charge is 0.358 e. The van der Waals surface area contributed by atoms with Gasteiger partial charge in [-0.2, -0.15) is 0 Å². The maximum Gasteiger partial charge on any atom is 0.358 e. The highest BCUT2D eigenvalue weighted by Gasteiger charge is 2.10. The van der Waals surface area contributed by atoms with Gasteiger partial charge < -0.3 is 9.72 Å². The largest absolute Gasteiger partial charge is 0.464 e. The van der Waals surface area contributed by atoms with E-state index in [2.05, 4.69) is 19.7 Å². The number of imidazole rings is 1. The van der Waals surface area contributed by atoms with Crippen LogP contribution in [0, 0.1) is 0 Å². The van der Waals surface area contributed by atoms with E-state index in [-0.39, 0.29) is 5.69 Å². The number of methoxy groups -OCH3 is 1. The molecule has 0 saturated carbocycles. The molecule has 0 aliphatic heterocycles. The number of H-pyrrole nitrogens is 1. The van der Waals surface area contributed by atoms with E-state index < -0.39 is 5.97 Å². The van der Waals surface area contributed by atoms with Crippen LogP contribution in [0.3, 0.4) is 0 Å². The standard InChI is InChI=1S/C10H9N3O2/c1-15-10(14)8-6-12-9(13-8)7-2-4-11-5-3-7/h2-6H,1H3,(H,12,13). The van der Waals surface area contributed by atoms with Crippen LogP contribution in [0.15, 0.2) is 30.7 Å². The molecule has 2 rings (SSSR count). The van der Waals surface area contributed by atoms with Crippen molar-refractivity contribution in [1.82, 2.24) is 15.0 Å². The van der Waals surface area contributed by atoms with E-state index in [1.54, 1.807) is 24.5 Å². The van der Waals surface area contributed by atoms with E-state index in [1.165, 1.54) is 13.3 Å². The van der Waals surface area contributed by atoms with Gasteiger partial charge in [0.15, 0.2) is 5.69 Å². The molecule has 2 aromatic heterocycles. The molecule has 2 heterocycles. The number of carbonyl (C=O) groups is 1. The average Bonchev–Trinajstić information content (AvgIpc) is 2.78. The monoisotopic (exact) mass is 203 g/mol. The molecule has 1 N–H and O–H groups in total. The molecule has 5 nitrogen and oxygen atoms in total. The van der Waals surface area contributed by atoms with Crippen LogP contribution in [0.2, 0.25) is 0 Å². The highest BCUT2D eigenvalue weighted by atomic mass is 16.5. The quantitative estimate of drug-likeness (QED) is 0.746. The third kappa shape index (κ3) is 1.85. The molecule has 0 saturated heterocycles. The molecule has 0 aliphatic carbocycles. The number of nitrogens with zero attached hydrogens (tertiary/aromatic N) is 2. The predicted molar refractivity (Wildman–Crippen MR) is 53.2 cm³/mol. The maximum atomic E-state index is 11.1. The van der Waals surface area contributed by atoms with Gasteiger partial charge in [0.1, 0.15) is 5.82 Å². The molecule has 0 spiro atoms. The van der Waals surface area contributed by atoms with E-state index in [0.717, 1.165) is 5.56 Å². The average molecular weight is 203 g/mol. The number of carbonyl (C=O) groups excluding carboxylic acids is 1. The summed E-state index contributed by atoms with van der Waals surface area (Å²) in [7, 11) is 1.32. The lowest BCUT2D eigenvalue weighted by molar-refractivity contribution is 0.0595. The molecule has 5 heteroatoms. The van der Waals surface area contributed by atoms with Crippen LogP contribution in [0.4, 0.5) is 0 Å². The second-order valence-corrected chi connectivity index (χ2v) is 2.86. The number of aromatic nitrogens is 3. The highest BCUT2D eigenvalue weighted by Crippen LogP contribution is 2.13. The predicted octanol–water partition coefficient (Wildman–Crippen LogP) is 1.26. The Morgan fingerprint density at radius 3 is 2.80 bits per heavy atom. The minimum Gasteiger partial charge on any atom is -0.464 e. The number of esters is 1. The van der Waals surface area contributed by atoms with Crippen molar-refractivity contribution in [3.8, 4) is 11.4 Å². The van der Waals surface area contributed by atoms with Crippen LogP contribution in [-0.4, -0.2) is 28.0 Å². The van der Waals surface area contributed by atoms with Crippen LogP contribution in [0.1, 0.15) is 10.5 Å². The van der Waals surface area contributed by atoms with E-state index in [1.807, 2.05) is 0 Å². The van der Waals surface area contributed by atoms with Gasteiger partial charge in [0.25, 0.3) is 0 Å². The van der Waals surface area contributed by atoms with Crippen molar-refractivity contribution in [2.75, 3.05) is 7.11 Å². The minimum absolute atomic E-state index is 0.268.